The van der Waals surface area contributed by atoms with Crippen LogP contribution in [0.3, 0.4) is 0 Å². The minimum absolute atomic E-state index is 0.132. The number of ether oxygens (including phenoxy) is 1. The number of alkyl halides is 3. The summed E-state index contributed by atoms with van der Waals surface area (Å²) in [5.41, 5.74) is -0.632. The number of halogens is 3. The highest BCUT2D eigenvalue weighted by Gasteiger charge is 2.30. The van der Waals surface area contributed by atoms with Crippen molar-refractivity contribution in [2.45, 2.75) is 12.8 Å². The van der Waals surface area contributed by atoms with Crippen molar-refractivity contribution in [1.29, 1.82) is 0 Å². The van der Waals surface area contributed by atoms with E-state index < -0.39 is 17.7 Å². The molecule has 0 heterocycles. The summed E-state index contributed by atoms with van der Waals surface area (Å²) in [4.78, 5) is 11.0. The largest absolute Gasteiger partial charge is 0.508 e. The van der Waals surface area contributed by atoms with Crippen LogP contribution in [0, 0.1) is 0 Å². The van der Waals surface area contributed by atoms with E-state index in [1.807, 2.05) is 0 Å². The highest BCUT2D eigenvalue weighted by atomic mass is 19.4. The third-order valence-electron chi connectivity index (χ3n) is 2.90. The second-order valence-corrected chi connectivity index (χ2v) is 4.46. The number of phenolic OH excluding ortho intramolecular Hbond substituents is 1. The van der Waals surface area contributed by atoms with E-state index in [1.54, 1.807) is 0 Å². The first-order valence-electron chi connectivity index (χ1n) is 6.12. The normalized spacial score (nSPS) is 11.2. The van der Waals surface area contributed by atoms with Crippen LogP contribution in [0.25, 0.3) is 0 Å². The third-order valence-corrected chi connectivity index (χ3v) is 2.90. The first-order valence-corrected chi connectivity index (χ1v) is 6.12. The molecule has 0 aliphatic carbocycles. The molecule has 0 aliphatic rings. The Kier molecular flexibility index (Phi) is 4.25. The Balaban J connectivity index is 2.12. The van der Waals surface area contributed by atoms with Gasteiger partial charge in [-0.3, -0.25) is 0 Å². The summed E-state index contributed by atoms with van der Waals surface area (Å²) in [5, 5.41) is 18.3. The molecule has 0 bridgehead atoms. The molecule has 0 atom stereocenters. The van der Waals surface area contributed by atoms with Gasteiger partial charge in [0, 0.05) is 5.56 Å². The van der Waals surface area contributed by atoms with Crippen molar-refractivity contribution in [3.8, 4) is 11.5 Å². The fourth-order valence-electron chi connectivity index (χ4n) is 1.79. The lowest BCUT2D eigenvalue weighted by molar-refractivity contribution is -0.137. The molecule has 2 N–H and O–H groups in total. The quantitative estimate of drug-likeness (QED) is 0.903. The van der Waals surface area contributed by atoms with Gasteiger partial charge in [-0.05, 0) is 36.4 Å². The number of hydrogen-bond donors (Lipinski definition) is 2. The molecule has 0 unspecified atom stereocenters. The van der Waals surface area contributed by atoms with Crippen LogP contribution in [0.5, 0.6) is 11.5 Å². The van der Waals surface area contributed by atoms with Gasteiger partial charge in [-0.1, -0.05) is 6.07 Å². The standard InChI is InChI=1S/C15H11F3O4/c16-15(17,18)10-2-5-12(6-3-10)22-8-9-1-4-11(19)7-13(9)14(20)21/h1-7,19H,8H2,(H,20,21). The van der Waals surface area contributed by atoms with Gasteiger partial charge < -0.3 is 14.9 Å². The number of hydrogen-bond acceptors (Lipinski definition) is 3. The number of aromatic carboxylic acids is 1. The maximum absolute atomic E-state index is 12.4. The molecule has 0 aliphatic heterocycles. The zero-order valence-electron chi connectivity index (χ0n) is 11.1. The summed E-state index contributed by atoms with van der Waals surface area (Å²) < 4.78 is 42.5. The van der Waals surface area contributed by atoms with Gasteiger partial charge >= 0.3 is 12.1 Å². The van der Waals surface area contributed by atoms with Crippen molar-refractivity contribution in [1.82, 2.24) is 0 Å². The number of carboxylic acid groups (broad SMARTS) is 1. The van der Waals surface area contributed by atoms with E-state index in [2.05, 4.69) is 0 Å². The molecule has 0 aromatic heterocycles. The number of aromatic hydroxyl groups is 1. The molecule has 2 aromatic rings. The van der Waals surface area contributed by atoms with Crippen molar-refractivity contribution < 1.29 is 32.9 Å². The fraction of sp³-hybridized carbons (Fsp3) is 0.133. The van der Waals surface area contributed by atoms with Gasteiger partial charge in [0.25, 0.3) is 0 Å². The zero-order chi connectivity index (χ0) is 16.3. The number of benzene rings is 2. The molecule has 7 heteroatoms. The van der Waals surface area contributed by atoms with Crippen LogP contribution in [-0.2, 0) is 12.8 Å². The summed E-state index contributed by atoms with van der Waals surface area (Å²) in [6.07, 6.45) is -4.42. The van der Waals surface area contributed by atoms with Gasteiger partial charge in [-0.2, -0.15) is 13.2 Å². The van der Waals surface area contributed by atoms with Crippen molar-refractivity contribution in [3.63, 3.8) is 0 Å². The Morgan fingerprint density at radius 3 is 2.27 bits per heavy atom. The SMILES string of the molecule is O=C(O)c1cc(O)ccc1COc1ccc(C(F)(F)F)cc1. The Hall–Kier alpha value is -2.70. The first kappa shape index (κ1) is 15.7. The van der Waals surface area contributed by atoms with Crippen molar-refractivity contribution in [2.24, 2.45) is 0 Å². The van der Waals surface area contributed by atoms with E-state index in [9.17, 15) is 23.1 Å². The molecule has 0 fully saturated rings. The van der Waals surface area contributed by atoms with E-state index in [1.165, 1.54) is 12.1 Å². The zero-order valence-corrected chi connectivity index (χ0v) is 11.1. The van der Waals surface area contributed by atoms with Crippen LogP contribution in [0.15, 0.2) is 42.5 Å². The maximum atomic E-state index is 12.4. The molecular weight excluding hydrogens is 301 g/mol. The predicted molar refractivity (Wildman–Crippen MR) is 70.8 cm³/mol. The van der Waals surface area contributed by atoms with E-state index in [0.29, 0.717) is 5.56 Å². The van der Waals surface area contributed by atoms with E-state index in [-0.39, 0.29) is 23.7 Å². The number of rotatable bonds is 4. The number of carboxylic acids is 1. The second kappa shape index (κ2) is 5.97. The molecule has 0 saturated carbocycles. The maximum Gasteiger partial charge on any atom is 0.416 e. The molecule has 2 rings (SSSR count). The molecule has 2 aromatic carbocycles. The summed E-state index contributed by atoms with van der Waals surface area (Å²) >= 11 is 0. The van der Waals surface area contributed by atoms with E-state index >= 15 is 0 Å². The molecule has 0 radical (unpaired) electrons. The lowest BCUT2D eigenvalue weighted by atomic mass is 10.1. The van der Waals surface area contributed by atoms with Gasteiger partial charge in [0.2, 0.25) is 0 Å². The Morgan fingerprint density at radius 1 is 1.09 bits per heavy atom. The van der Waals surface area contributed by atoms with E-state index in [4.69, 9.17) is 9.84 Å². The number of carbonyl (C=O) groups is 1. The van der Waals surface area contributed by atoms with Gasteiger partial charge in [0.15, 0.2) is 0 Å². The topological polar surface area (TPSA) is 66.8 Å². The molecule has 116 valence electrons. The van der Waals surface area contributed by atoms with Gasteiger partial charge in [-0.25, -0.2) is 4.79 Å². The van der Waals surface area contributed by atoms with Gasteiger partial charge in [-0.15, -0.1) is 0 Å². The first-order chi connectivity index (χ1) is 10.3. The molecular formula is C15H11F3O4. The molecule has 22 heavy (non-hydrogen) atoms. The van der Waals surface area contributed by atoms with Crippen LogP contribution in [0.2, 0.25) is 0 Å². The minimum Gasteiger partial charge on any atom is -0.508 e. The molecule has 4 nitrogen and oxygen atoms in total. The van der Waals surface area contributed by atoms with Crippen LogP contribution in [0.1, 0.15) is 21.5 Å². The highest BCUT2D eigenvalue weighted by Crippen LogP contribution is 2.30. The Bertz CT molecular complexity index is 678. The average molecular weight is 312 g/mol. The lowest BCUT2D eigenvalue weighted by Gasteiger charge is -2.11. The summed E-state index contributed by atoms with van der Waals surface area (Å²) in [6.45, 7) is -0.146. The van der Waals surface area contributed by atoms with E-state index in [0.717, 1.165) is 30.3 Å². The summed E-state index contributed by atoms with van der Waals surface area (Å²) in [7, 11) is 0. The monoisotopic (exact) mass is 312 g/mol. The lowest BCUT2D eigenvalue weighted by Crippen LogP contribution is -2.06. The highest BCUT2D eigenvalue weighted by molar-refractivity contribution is 5.89. The molecule has 0 spiro atoms. The summed E-state index contributed by atoms with van der Waals surface area (Å²) in [6, 6.07) is 7.83. The van der Waals surface area contributed by atoms with Crippen molar-refractivity contribution >= 4 is 5.97 Å². The van der Waals surface area contributed by atoms with Gasteiger partial charge in [0.1, 0.15) is 18.1 Å². The average Bonchev–Trinajstić information content (AvgIpc) is 2.45. The third kappa shape index (κ3) is 3.69. The van der Waals surface area contributed by atoms with Crippen LogP contribution in [-0.4, -0.2) is 16.2 Å². The number of phenols is 1. The Labute approximate surface area is 123 Å². The summed E-state index contributed by atoms with van der Waals surface area (Å²) in [5.74, 6) is -1.25. The van der Waals surface area contributed by atoms with Crippen molar-refractivity contribution in [2.75, 3.05) is 0 Å². The Morgan fingerprint density at radius 2 is 1.73 bits per heavy atom. The fourth-order valence-corrected chi connectivity index (χ4v) is 1.79. The molecule has 0 amide bonds. The molecule has 0 saturated heterocycles. The second-order valence-electron chi connectivity index (χ2n) is 4.46. The van der Waals surface area contributed by atoms with Crippen LogP contribution >= 0.6 is 0 Å². The predicted octanol–water partition coefficient (Wildman–Crippen LogP) is 3.69. The minimum atomic E-state index is -4.42. The smallest absolute Gasteiger partial charge is 0.416 e. The van der Waals surface area contributed by atoms with Crippen molar-refractivity contribution in [3.05, 3.63) is 59.2 Å². The van der Waals surface area contributed by atoms with Crippen LogP contribution in [0.4, 0.5) is 13.2 Å². The van der Waals surface area contributed by atoms with Gasteiger partial charge in [0.05, 0.1) is 11.1 Å². The van der Waals surface area contributed by atoms with Crippen LogP contribution < -0.4 is 4.74 Å².